The summed E-state index contributed by atoms with van der Waals surface area (Å²) in [7, 11) is 0. The van der Waals surface area contributed by atoms with Crippen LogP contribution in [0.15, 0.2) is 62.9 Å². The number of H-pyrrole nitrogens is 1. The van der Waals surface area contributed by atoms with Crippen molar-refractivity contribution in [3.05, 3.63) is 54.6 Å². The number of fused-ring (bicyclic) bond motifs is 1. The van der Waals surface area contributed by atoms with E-state index < -0.39 is 11.8 Å². The van der Waals surface area contributed by atoms with Crippen LogP contribution in [0.1, 0.15) is 10.6 Å². The molecule has 9 heteroatoms. The summed E-state index contributed by atoms with van der Waals surface area (Å²) in [5.74, 6) is -0.684. The number of thioether (sulfide) groups is 1. The largest absolute Gasteiger partial charge is 0.459 e. The Hall–Kier alpha value is -3.33. The molecule has 8 nitrogen and oxygen atoms in total. The SMILES string of the molecule is O=C(CSc1nnc(-c2c[nH]c3ccccc23)o1)NC(=O)c1ccco1. The maximum Gasteiger partial charge on any atom is 0.293 e. The number of hydrogen-bond donors (Lipinski definition) is 2. The van der Waals surface area contributed by atoms with Crippen LogP contribution in [0.25, 0.3) is 22.4 Å². The number of rotatable bonds is 5. The summed E-state index contributed by atoms with van der Waals surface area (Å²) < 4.78 is 10.5. The van der Waals surface area contributed by atoms with Crippen LogP contribution in [0.3, 0.4) is 0 Å². The average molecular weight is 368 g/mol. The molecule has 3 aromatic heterocycles. The maximum atomic E-state index is 11.8. The lowest BCUT2D eigenvalue weighted by Gasteiger charge is -1.99. The Morgan fingerprint density at radius 2 is 2.04 bits per heavy atom. The van der Waals surface area contributed by atoms with Crippen molar-refractivity contribution in [3.63, 3.8) is 0 Å². The Labute approximate surface area is 151 Å². The number of hydrogen-bond acceptors (Lipinski definition) is 7. The van der Waals surface area contributed by atoms with E-state index in [9.17, 15) is 9.59 Å². The highest BCUT2D eigenvalue weighted by Crippen LogP contribution is 2.29. The molecular weight excluding hydrogens is 356 g/mol. The molecule has 4 rings (SSSR count). The summed E-state index contributed by atoms with van der Waals surface area (Å²) in [5.41, 5.74) is 1.75. The van der Waals surface area contributed by atoms with Crippen molar-refractivity contribution in [1.82, 2.24) is 20.5 Å². The molecule has 0 unspecified atom stereocenters. The second kappa shape index (κ2) is 6.89. The minimum absolute atomic E-state index is 0.0397. The van der Waals surface area contributed by atoms with Crippen molar-refractivity contribution < 1.29 is 18.4 Å². The molecule has 2 N–H and O–H groups in total. The van der Waals surface area contributed by atoms with E-state index in [0.717, 1.165) is 28.2 Å². The standard InChI is InChI=1S/C17H12N4O4S/c22-14(19-15(23)13-6-3-7-24-13)9-26-17-21-20-16(25-17)11-8-18-12-5-2-1-4-10(11)12/h1-8,18H,9H2,(H,19,22,23). The second-order valence-corrected chi connectivity index (χ2v) is 6.19. The zero-order chi connectivity index (χ0) is 17.9. The molecule has 0 aliphatic heterocycles. The van der Waals surface area contributed by atoms with Gasteiger partial charge in [-0.1, -0.05) is 30.0 Å². The number of imide groups is 1. The van der Waals surface area contributed by atoms with Crippen LogP contribution < -0.4 is 5.32 Å². The highest BCUT2D eigenvalue weighted by Gasteiger charge is 2.16. The number of carbonyl (C=O) groups excluding carboxylic acids is 2. The topological polar surface area (TPSA) is 114 Å². The first-order chi connectivity index (χ1) is 12.7. The van der Waals surface area contributed by atoms with Gasteiger partial charge in [0.1, 0.15) is 0 Å². The maximum absolute atomic E-state index is 11.8. The van der Waals surface area contributed by atoms with Crippen LogP contribution in [0.4, 0.5) is 0 Å². The Bertz CT molecular complexity index is 1070. The monoisotopic (exact) mass is 368 g/mol. The first-order valence-electron chi connectivity index (χ1n) is 7.61. The fourth-order valence-corrected chi connectivity index (χ4v) is 2.95. The van der Waals surface area contributed by atoms with Gasteiger partial charge in [-0.15, -0.1) is 10.2 Å². The minimum Gasteiger partial charge on any atom is -0.459 e. The number of furan rings is 1. The Kier molecular flexibility index (Phi) is 4.28. The Morgan fingerprint density at radius 3 is 2.88 bits per heavy atom. The van der Waals surface area contributed by atoms with E-state index in [1.165, 1.54) is 12.3 Å². The highest BCUT2D eigenvalue weighted by molar-refractivity contribution is 7.99. The van der Waals surface area contributed by atoms with E-state index in [1.54, 1.807) is 12.3 Å². The van der Waals surface area contributed by atoms with Crippen LogP contribution >= 0.6 is 11.8 Å². The van der Waals surface area contributed by atoms with Gasteiger partial charge >= 0.3 is 0 Å². The number of carbonyl (C=O) groups is 2. The third kappa shape index (κ3) is 3.24. The molecule has 26 heavy (non-hydrogen) atoms. The number of nitrogens with one attached hydrogen (secondary N) is 2. The highest BCUT2D eigenvalue weighted by atomic mass is 32.2. The molecule has 0 spiro atoms. The van der Waals surface area contributed by atoms with Crippen molar-refractivity contribution >= 4 is 34.5 Å². The number of para-hydroxylation sites is 1. The molecule has 4 aromatic rings. The number of aromatic amines is 1. The van der Waals surface area contributed by atoms with Crippen molar-refractivity contribution in [1.29, 1.82) is 0 Å². The Balaban J connectivity index is 1.39. The van der Waals surface area contributed by atoms with Crippen LogP contribution in [0.5, 0.6) is 0 Å². The summed E-state index contributed by atoms with van der Waals surface area (Å²) in [6, 6.07) is 10.8. The zero-order valence-corrected chi connectivity index (χ0v) is 14.1. The van der Waals surface area contributed by atoms with Gasteiger partial charge in [0.2, 0.25) is 5.91 Å². The molecule has 0 aliphatic carbocycles. The number of aromatic nitrogens is 3. The third-order valence-corrected chi connectivity index (χ3v) is 4.37. The van der Waals surface area contributed by atoms with Gasteiger partial charge in [-0.2, -0.15) is 0 Å². The smallest absolute Gasteiger partial charge is 0.293 e. The molecule has 130 valence electrons. The van der Waals surface area contributed by atoms with Gasteiger partial charge in [0.25, 0.3) is 17.0 Å². The van der Waals surface area contributed by atoms with Crippen molar-refractivity contribution in [2.75, 3.05) is 5.75 Å². The molecule has 3 heterocycles. The average Bonchev–Trinajstić information content (AvgIpc) is 3.39. The summed E-state index contributed by atoms with van der Waals surface area (Å²) in [6.45, 7) is 0. The van der Waals surface area contributed by atoms with Crippen molar-refractivity contribution in [3.8, 4) is 11.5 Å². The van der Waals surface area contributed by atoms with Crippen molar-refractivity contribution in [2.45, 2.75) is 5.22 Å². The molecule has 0 saturated heterocycles. The van der Waals surface area contributed by atoms with Crippen LogP contribution in [0, 0.1) is 0 Å². The van der Waals surface area contributed by atoms with Gasteiger partial charge in [0.15, 0.2) is 5.76 Å². The molecule has 0 saturated carbocycles. The molecule has 0 aliphatic rings. The lowest BCUT2D eigenvalue weighted by Crippen LogP contribution is -2.31. The predicted molar refractivity (Wildman–Crippen MR) is 93.5 cm³/mol. The van der Waals surface area contributed by atoms with Crippen LogP contribution in [0.2, 0.25) is 0 Å². The number of benzene rings is 1. The van der Waals surface area contributed by atoms with Gasteiger partial charge in [-0.25, -0.2) is 0 Å². The van der Waals surface area contributed by atoms with Gasteiger partial charge < -0.3 is 13.8 Å². The van der Waals surface area contributed by atoms with E-state index in [4.69, 9.17) is 8.83 Å². The lowest BCUT2D eigenvalue weighted by atomic mass is 10.2. The number of nitrogens with zero attached hydrogens (tertiary/aromatic N) is 2. The third-order valence-electron chi connectivity index (χ3n) is 3.55. The fraction of sp³-hybridized carbons (Fsp3) is 0.0588. The first kappa shape index (κ1) is 16.2. The van der Waals surface area contributed by atoms with Gasteiger partial charge in [0.05, 0.1) is 17.6 Å². The molecule has 0 radical (unpaired) electrons. The van der Waals surface area contributed by atoms with E-state index in [2.05, 4.69) is 20.5 Å². The molecule has 1 aromatic carbocycles. The first-order valence-corrected chi connectivity index (χ1v) is 8.60. The molecular formula is C17H12N4O4S. The van der Waals surface area contributed by atoms with E-state index in [-0.39, 0.29) is 16.7 Å². The summed E-state index contributed by atoms with van der Waals surface area (Å²) in [4.78, 5) is 26.7. The predicted octanol–water partition coefficient (Wildman–Crippen LogP) is 2.86. The molecule has 2 amide bonds. The summed E-state index contributed by atoms with van der Waals surface area (Å²) >= 11 is 1.05. The summed E-state index contributed by atoms with van der Waals surface area (Å²) in [5, 5.41) is 11.4. The van der Waals surface area contributed by atoms with Crippen molar-refractivity contribution in [2.24, 2.45) is 0 Å². The Morgan fingerprint density at radius 1 is 1.15 bits per heavy atom. The lowest BCUT2D eigenvalue weighted by molar-refractivity contribution is -0.117. The molecule has 0 fully saturated rings. The molecule has 0 atom stereocenters. The fourth-order valence-electron chi connectivity index (χ4n) is 2.38. The normalized spacial score (nSPS) is 10.9. The zero-order valence-electron chi connectivity index (χ0n) is 13.3. The molecule has 0 bridgehead atoms. The van der Waals surface area contributed by atoms with Gasteiger partial charge in [0, 0.05) is 17.1 Å². The number of amides is 2. The second-order valence-electron chi connectivity index (χ2n) is 5.26. The minimum atomic E-state index is -0.592. The van der Waals surface area contributed by atoms with E-state index in [1.807, 2.05) is 24.3 Å². The quantitative estimate of drug-likeness (QED) is 0.521. The van der Waals surface area contributed by atoms with Gasteiger partial charge in [-0.3, -0.25) is 14.9 Å². The van der Waals surface area contributed by atoms with E-state index >= 15 is 0 Å². The summed E-state index contributed by atoms with van der Waals surface area (Å²) in [6.07, 6.45) is 3.15. The van der Waals surface area contributed by atoms with Crippen LogP contribution in [-0.2, 0) is 4.79 Å². The van der Waals surface area contributed by atoms with Gasteiger partial charge in [-0.05, 0) is 18.2 Å². The van der Waals surface area contributed by atoms with E-state index in [0.29, 0.717) is 5.89 Å². The van der Waals surface area contributed by atoms with Crippen LogP contribution in [-0.4, -0.2) is 32.7 Å².